The molecule has 72 valence electrons. The van der Waals surface area contributed by atoms with Gasteiger partial charge in [-0.1, -0.05) is 5.92 Å². The van der Waals surface area contributed by atoms with Crippen molar-refractivity contribution in [3.63, 3.8) is 0 Å². The van der Waals surface area contributed by atoms with Gasteiger partial charge in [-0.25, -0.2) is 10.5 Å². The highest BCUT2D eigenvalue weighted by atomic mass is 16.6. The molecule has 0 saturated carbocycles. The number of pyridine rings is 1. The van der Waals surface area contributed by atoms with Gasteiger partial charge in [-0.05, 0) is 12.1 Å². The second-order valence-corrected chi connectivity index (χ2v) is 2.30. The van der Waals surface area contributed by atoms with Crippen LogP contribution in [-0.4, -0.2) is 22.6 Å². The summed E-state index contributed by atoms with van der Waals surface area (Å²) in [7, 11) is 0. The fourth-order valence-corrected chi connectivity index (χ4v) is 0.763. The third-order valence-electron chi connectivity index (χ3n) is 1.32. The van der Waals surface area contributed by atoms with E-state index in [9.17, 15) is 9.90 Å². The number of nitrogens with zero attached hydrogens (tertiary/aromatic N) is 1. The number of terminal acetylenes is 1. The molecule has 2 N–H and O–H groups in total. The van der Waals surface area contributed by atoms with E-state index in [2.05, 4.69) is 15.7 Å². The maximum Gasteiger partial charge on any atom is 0.297 e. The SMILES string of the molecule is C#CCONC(=O)c1ncccc1O. The monoisotopic (exact) mass is 192 g/mol. The predicted octanol–water partition coefficient (Wildman–Crippen LogP) is 0.0818. The minimum Gasteiger partial charge on any atom is -0.505 e. The van der Waals surface area contributed by atoms with Crippen LogP contribution in [0, 0.1) is 12.3 Å². The first-order valence-corrected chi connectivity index (χ1v) is 3.75. The highest BCUT2D eigenvalue weighted by molar-refractivity contribution is 5.93. The molecular formula is C9H8N2O3. The second-order valence-electron chi connectivity index (χ2n) is 2.30. The Morgan fingerprint density at radius 2 is 2.57 bits per heavy atom. The molecule has 1 rings (SSSR count). The molecule has 0 saturated heterocycles. The average Bonchev–Trinajstić information content (AvgIpc) is 2.18. The fourth-order valence-electron chi connectivity index (χ4n) is 0.763. The quantitative estimate of drug-likeness (QED) is 0.404. The van der Waals surface area contributed by atoms with Gasteiger partial charge in [-0.2, -0.15) is 0 Å². The molecule has 14 heavy (non-hydrogen) atoms. The van der Waals surface area contributed by atoms with Gasteiger partial charge in [0.25, 0.3) is 5.91 Å². The van der Waals surface area contributed by atoms with Crippen molar-refractivity contribution >= 4 is 5.91 Å². The van der Waals surface area contributed by atoms with Crippen molar-refractivity contribution in [1.82, 2.24) is 10.5 Å². The first-order chi connectivity index (χ1) is 6.75. The summed E-state index contributed by atoms with van der Waals surface area (Å²) >= 11 is 0. The number of carbonyl (C=O) groups excluding carboxylic acids is 1. The van der Waals surface area contributed by atoms with E-state index in [1.807, 2.05) is 5.48 Å². The van der Waals surface area contributed by atoms with Gasteiger partial charge in [0.2, 0.25) is 0 Å². The maximum atomic E-state index is 11.2. The third-order valence-corrected chi connectivity index (χ3v) is 1.32. The fraction of sp³-hybridized carbons (Fsp3) is 0.111. The van der Waals surface area contributed by atoms with Gasteiger partial charge in [-0.3, -0.25) is 9.63 Å². The van der Waals surface area contributed by atoms with Crippen molar-refractivity contribution < 1.29 is 14.7 Å². The van der Waals surface area contributed by atoms with E-state index in [0.29, 0.717) is 0 Å². The zero-order valence-electron chi connectivity index (χ0n) is 7.23. The van der Waals surface area contributed by atoms with Crippen molar-refractivity contribution in [3.05, 3.63) is 24.0 Å². The van der Waals surface area contributed by atoms with Crippen molar-refractivity contribution in [3.8, 4) is 18.1 Å². The molecule has 0 fully saturated rings. The Morgan fingerprint density at radius 3 is 3.21 bits per heavy atom. The summed E-state index contributed by atoms with van der Waals surface area (Å²) in [5, 5.41) is 9.22. The van der Waals surface area contributed by atoms with E-state index >= 15 is 0 Å². The van der Waals surface area contributed by atoms with Crippen molar-refractivity contribution in [2.75, 3.05) is 6.61 Å². The van der Waals surface area contributed by atoms with Crippen LogP contribution < -0.4 is 5.48 Å². The number of hydrogen-bond donors (Lipinski definition) is 2. The predicted molar refractivity (Wildman–Crippen MR) is 48.2 cm³/mol. The van der Waals surface area contributed by atoms with Gasteiger partial charge < -0.3 is 5.11 Å². The molecule has 0 spiro atoms. The first kappa shape index (κ1) is 10.0. The molecule has 5 heteroatoms. The summed E-state index contributed by atoms with van der Waals surface area (Å²) in [5.41, 5.74) is 1.93. The van der Waals surface area contributed by atoms with E-state index in [1.165, 1.54) is 18.3 Å². The van der Waals surface area contributed by atoms with Gasteiger partial charge in [0.15, 0.2) is 5.69 Å². The molecule has 0 unspecified atom stereocenters. The molecule has 1 heterocycles. The van der Waals surface area contributed by atoms with Crippen LogP contribution in [0.25, 0.3) is 0 Å². The van der Waals surface area contributed by atoms with Crippen LogP contribution in [0.4, 0.5) is 0 Å². The molecule has 0 radical (unpaired) electrons. The number of carbonyl (C=O) groups is 1. The van der Waals surface area contributed by atoms with E-state index < -0.39 is 5.91 Å². The number of aromatic nitrogens is 1. The Hall–Kier alpha value is -2.06. The van der Waals surface area contributed by atoms with Gasteiger partial charge in [0, 0.05) is 6.20 Å². The summed E-state index contributed by atoms with van der Waals surface area (Å²) in [5.74, 6) is 1.32. The van der Waals surface area contributed by atoms with Crippen LogP contribution >= 0.6 is 0 Å². The molecule has 0 aliphatic heterocycles. The summed E-state index contributed by atoms with van der Waals surface area (Å²) < 4.78 is 0. The molecule has 5 nitrogen and oxygen atoms in total. The summed E-state index contributed by atoms with van der Waals surface area (Å²) in [6, 6.07) is 2.86. The first-order valence-electron chi connectivity index (χ1n) is 3.75. The van der Waals surface area contributed by atoms with Gasteiger partial charge in [0.05, 0.1) is 0 Å². The van der Waals surface area contributed by atoms with Crippen LogP contribution in [0.1, 0.15) is 10.5 Å². The molecule has 0 bridgehead atoms. The number of hydrogen-bond acceptors (Lipinski definition) is 4. The lowest BCUT2D eigenvalue weighted by molar-refractivity contribution is 0.0430. The van der Waals surface area contributed by atoms with Crippen LogP contribution in [0.3, 0.4) is 0 Å². The van der Waals surface area contributed by atoms with Crippen LogP contribution in [-0.2, 0) is 4.84 Å². The van der Waals surface area contributed by atoms with Crippen molar-refractivity contribution in [2.45, 2.75) is 0 Å². The van der Waals surface area contributed by atoms with Gasteiger partial charge >= 0.3 is 0 Å². The lowest BCUT2D eigenvalue weighted by Gasteiger charge is -2.03. The molecule has 1 aromatic rings. The van der Waals surface area contributed by atoms with Crippen molar-refractivity contribution in [1.29, 1.82) is 0 Å². The summed E-state index contributed by atoms with van der Waals surface area (Å²) in [6.45, 7) is -0.0423. The zero-order valence-corrected chi connectivity index (χ0v) is 7.23. The normalized spacial score (nSPS) is 9.07. The smallest absolute Gasteiger partial charge is 0.297 e. The zero-order chi connectivity index (χ0) is 10.4. The molecule has 1 aromatic heterocycles. The Labute approximate surface area is 80.7 Å². The molecule has 0 aliphatic carbocycles. The summed E-state index contributed by atoms with van der Waals surface area (Å²) in [6.07, 6.45) is 6.28. The van der Waals surface area contributed by atoms with Crippen LogP contribution in [0.5, 0.6) is 5.75 Å². The number of aromatic hydroxyl groups is 1. The van der Waals surface area contributed by atoms with E-state index in [-0.39, 0.29) is 18.1 Å². The van der Waals surface area contributed by atoms with Gasteiger partial charge in [-0.15, -0.1) is 6.42 Å². The lowest BCUT2D eigenvalue weighted by Crippen LogP contribution is -2.24. The molecular weight excluding hydrogens is 184 g/mol. The van der Waals surface area contributed by atoms with E-state index in [4.69, 9.17) is 6.42 Å². The topological polar surface area (TPSA) is 71.5 Å². The maximum absolute atomic E-state index is 11.2. The number of amides is 1. The highest BCUT2D eigenvalue weighted by Gasteiger charge is 2.11. The number of rotatable bonds is 3. The molecule has 0 aromatic carbocycles. The standard InChI is InChI=1S/C9H8N2O3/c1-2-6-14-11-9(13)8-7(12)4-3-5-10-8/h1,3-5,12H,6H2,(H,11,13). The minimum atomic E-state index is -0.640. The Balaban J connectivity index is 2.62. The molecule has 0 atom stereocenters. The molecule has 0 aliphatic rings. The van der Waals surface area contributed by atoms with Crippen LogP contribution in [0.15, 0.2) is 18.3 Å². The number of hydroxylamine groups is 1. The largest absolute Gasteiger partial charge is 0.505 e. The molecule has 1 amide bonds. The average molecular weight is 192 g/mol. The number of nitrogens with one attached hydrogen (secondary N) is 1. The highest BCUT2D eigenvalue weighted by Crippen LogP contribution is 2.11. The van der Waals surface area contributed by atoms with E-state index in [0.717, 1.165) is 0 Å². The lowest BCUT2D eigenvalue weighted by atomic mass is 10.3. The minimum absolute atomic E-state index is 0.0423. The second kappa shape index (κ2) is 4.84. The Kier molecular flexibility index (Phi) is 3.47. The van der Waals surface area contributed by atoms with Crippen LogP contribution in [0.2, 0.25) is 0 Å². The summed E-state index contributed by atoms with van der Waals surface area (Å²) in [4.78, 5) is 19.4. The van der Waals surface area contributed by atoms with Crippen molar-refractivity contribution in [2.24, 2.45) is 0 Å². The van der Waals surface area contributed by atoms with Gasteiger partial charge in [0.1, 0.15) is 12.4 Å². The Bertz CT molecular complexity index is 371. The van der Waals surface area contributed by atoms with E-state index in [1.54, 1.807) is 0 Å². The third kappa shape index (κ3) is 2.47. The Morgan fingerprint density at radius 1 is 1.79 bits per heavy atom.